The van der Waals surface area contributed by atoms with E-state index in [0.29, 0.717) is 16.3 Å². The Morgan fingerprint density at radius 1 is 1.32 bits per heavy atom. The number of nitrogens with zero attached hydrogens (tertiary/aromatic N) is 2. The van der Waals surface area contributed by atoms with Crippen molar-refractivity contribution in [2.75, 3.05) is 0 Å². The highest BCUT2D eigenvalue weighted by Crippen LogP contribution is 2.37. The average molecular weight is 323 g/mol. The Bertz CT molecular complexity index is 628. The second-order valence-corrected chi connectivity index (χ2v) is 4.35. The molecule has 1 heterocycles. The highest BCUT2D eigenvalue weighted by atomic mass is 79.9. The van der Waals surface area contributed by atoms with E-state index in [1.165, 1.54) is 30.5 Å². The van der Waals surface area contributed by atoms with Crippen LogP contribution in [-0.2, 0) is 0 Å². The minimum absolute atomic E-state index is 0.0684. The summed E-state index contributed by atoms with van der Waals surface area (Å²) >= 11 is 3.19. The molecule has 19 heavy (non-hydrogen) atoms. The lowest BCUT2D eigenvalue weighted by atomic mass is 10.3. The first-order chi connectivity index (χ1) is 9.11. The van der Waals surface area contributed by atoms with Gasteiger partial charge in [0, 0.05) is 23.9 Å². The summed E-state index contributed by atoms with van der Waals surface area (Å²) in [7, 11) is 0. The summed E-state index contributed by atoms with van der Waals surface area (Å²) in [6.45, 7) is 0. The number of benzene rings is 1. The van der Waals surface area contributed by atoms with Crippen molar-refractivity contribution in [3.63, 3.8) is 0 Å². The van der Waals surface area contributed by atoms with Gasteiger partial charge in [-0.05, 0) is 28.1 Å². The van der Waals surface area contributed by atoms with Crippen molar-refractivity contribution in [1.29, 1.82) is 0 Å². The molecule has 0 saturated carbocycles. The number of pyridine rings is 1. The van der Waals surface area contributed by atoms with Crippen molar-refractivity contribution in [2.24, 2.45) is 0 Å². The molecule has 0 bridgehead atoms. The molecule has 6 nitrogen and oxygen atoms in total. The minimum atomic E-state index is -0.542. The zero-order valence-electron chi connectivity index (χ0n) is 9.45. The van der Waals surface area contributed by atoms with Crippen molar-refractivity contribution in [2.45, 2.75) is 0 Å². The minimum Gasteiger partial charge on any atom is -0.431 e. The molecular weight excluding hydrogens is 316 g/mol. The first-order valence-electron chi connectivity index (χ1n) is 5.14. The summed E-state index contributed by atoms with van der Waals surface area (Å²) < 4.78 is 5.83. The topological polar surface area (TPSA) is 82.3 Å². The number of aromatic nitrogens is 1. The monoisotopic (exact) mass is 322 g/mol. The van der Waals surface area contributed by atoms with Gasteiger partial charge < -0.3 is 4.74 Å². The molecule has 0 saturated heterocycles. The van der Waals surface area contributed by atoms with Crippen LogP contribution in [0.15, 0.2) is 41.0 Å². The molecule has 1 aromatic carbocycles. The van der Waals surface area contributed by atoms with Crippen LogP contribution < -0.4 is 4.74 Å². The Morgan fingerprint density at radius 3 is 2.68 bits per heavy atom. The molecule has 0 unspecified atom stereocenters. The van der Waals surface area contributed by atoms with E-state index in [-0.39, 0.29) is 17.3 Å². The Kier molecular flexibility index (Phi) is 3.86. The van der Waals surface area contributed by atoms with E-state index in [9.17, 15) is 14.9 Å². The molecule has 0 aliphatic heterocycles. The molecule has 0 radical (unpaired) electrons. The number of aldehydes is 1. The Hall–Kier alpha value is -2.28. The van der Waals surface area contributed by atoms with Gasteiger partial charge in [-0.1, -0.05) is 6.07 Å². The van der Waals surface area contributed by atoms with Crippen LogP contribution in [0.2, 0.25) is 0 Å². The molecule has 0 aliphatic carbocycles. The van der Waals surface area contributed by atoms with Gasteiger partial charge in [-0.15, -0.1) is 0 Å². The predicted molar refractivity (Wildman–Crippen MR) is 70.5 cm³/mol. The summed E-state index contributed by atoms with van der Waals surface area (Å²) in [5.41, 5.74) is 0.226. The normalized spacial score (nSPS) is 9.95. The van der Waals surface area contributed by atoms with Crippen molar-refractivity contribution in [3.05, 3.63) is 56.7 Å². The molecule has 0 aliphatic rings. The van der Waals surface area contributed by atoms with Gasteiger partial charge in [0.05, 0.1) is 9.40 Å². The molecule has 1 aromatic heterocycles. The number of nitro benzene ring substituents is 1. The summed E-state index contributed by atoms with van der Waals surface area (Å²) in [5.74, 6) is 0.236. The van der Waals surface area contributed by atoms with Crippen LogP contribution in [0.3, 0.4) is 0 Å². The van der Waals surface area contributed by atoms with Gasteiger partial charge in [-0.25, -0.2) is 4.98 Å². The van der Waals surface area contributed by atoms with Crippen LogP contribution in [0.4, 0.5) is 5.69 Å². The molecule has 0 spiro atoms. The molecule has 2 rings (SSSR count). The van der Waals surface area contributed by atoms with Crippen LogP contribution in [0, 0.1) is 10.1 Å². The summed E-state index contributed by atoms with van der Waals surface area (Å²) in [5, 5.41) is 10.9. The molecule has 7 heteroatoms. The number of rotatable bonds is 4. The van der Waals surface area contributed by atoms with Gasteiger partial charge in [-0.2, -0.15) is 0 Å². The number of hydrogen-bond acceptors (Lipinski definition) is 5. The standard InChI is InChI=1S/C12H7BrN2O4/c13-9-2-1-3-10(15(17)18)12(9)19-11-5-4-8(7-16)6-14-11/h1-7H. The molecular formula is C12H7BrN2O4. The number of halogens is 1. The summed E-state index contributed by atoms with van der Waals surface area (Å²) in [4.78, 5) is 24.7. The smallest absolute Gasteiger partial charge is 0.312 e. The lowest BCUT2D eigenvalue weighted by molar-refractivity contribution is -0.385. The molecule has 0 fully saturated rings. The van der Waals surface area contributed by atoms with Crippen LogP contribution in [0.5, 0.6) is 11.6 Å². The van der Waals surface area contributed by atoms with Crippen LogP contribution >= 0.6 is 15.9 Å². The average Bonchev–Trinajstić information content (AvgIpc) is 2.41. The zero-order chi connectivity index (χ0) is 13.8. The van der Waals surface area contributed by atoms with E-state index in [1.54, 1.807) is 6.07 Å². The van der Waals surface area contributed by atoms with Gasteiger partial charge >= 0.3 is 5.69 Å². The third kappa shape index (κ3) is 2.94. The first-order valence-corrected chi connectivity index (χ1v) is 5.93. The Morgan fingerprint density at radius 2 is 2.11 bits per heavy atom. The third-order valence-corrected chi connectivity index (χ3v) is 2.87. The number of nitro groups is 1. The second-order valence-electron chi connectivity index (χ2n) is 3.49. The van der Waals surface area contributed by atoms with Gasteiger partial charge in [0.1, 0.15) is 0 Å². The van der Waals surface area contributed by atoms with E-state index >= 15 is 0 Å². The number of carbonyl (C=O) groups excluding carboxylic acids is 1. The molecule has 2 aromatic rings. The van der Waals surface area contributed by atoms with E-state index in [2.05, 4.69) is 20.9 Å². The second kappa shape index (κ2) is 5.57. The highest BCUT2D eigenvalue weighted by molar-refractivity contribution is 9.10. The predicted octanol–water partition coefficient (Wildman–Crippen LogP) is 3.36. The van der Waals surface area contributed by atoms with E-state index < -0.39 is 4.92 Å². The van der Waals surface area contributed by atoms with Crippen molar-refractivity contribution < 1.29 is 14.5 Å². The van der Waals surface area contributed by atoms with E-state index in [0.717, 1.165) is 0 Å². The van der Waals surface area contributed by atoms with Crippen molar-refractivity contribution in [3.8, 4) is 11.6 Å². The van der Waals surface area contributed by atoms with Gasteiger partial charge in [0.2, 0.25) is 11.6 Å². The van der Waals surface area contributed by atoms with Gasteiger partial charge in [0.15, 0.2) is 6.29 Å². The van der Waals surface area contributed by atoms with Crippen LogP contribution in [0.1, 0.15) is 10.4 Å². The van der Waals surface area contributed by atoms with Crippen LogP contribution in [0.25, 0.3) is 0 Å². The van der Waals surface area contributed by atoms with E-state index in [1.807, 2.05) is 0 Å². The fourth-order valence-electron chi connectivity index (χ4n) is 1.37. The molecule has 0 N–H and O–H groups in total. The maximum atomic E-state index is 10.9. The third-order valence-electron chi connectivity index (χ3n) is 2.24. The lowest BCUT2D eigenvalue weighted by Crippen LogP contribution is -1.95. The van der Waals surface area contributed by atoms with Crippen molar-refractivity contribution in [1.82, 2.24) is 4.98 Å². The highest BCUT2D eigenvalue weighted by Gasteiger charge is 2.19. The van der Waals surface area contributed by atoms with Crippen molar-refractivity contribution >= 4 is 27.9 Å². The Labute approximate surface area is 116 Å². The molecule has 96 valence electrons. The molecule has 0 atom stereocenters. The quantitative estimate of drug-likeness (QED) is 0.489. The largest absolute Gasteiger partial charge is 0.431 e. The summed E-state index contributed by atoms with van der Waals surface area (Å²) in [6.07, 6.45) is 1.97. The fourth-order valence-corrected chi connectivity index (χ4v) is 1.81. The SMILES string of the molecule is O=Cc1ccc(Oc2c(Br)cccc2[N+](=O)[O-])nc1. The number of carbonyl (C=O) groups is 1. The fraction of sp³-hybridized carbons (Fsp3) is 0. The molecule has 0 amide bonds. The first kappa shape index (κ1) is 13.2. The maximum absolute atomic E-state index is 10.9. The maximum Gasteiger partial charge on any atom is 0.312 e. The Balaban J connectivity index is 2.36. The number of hydrogen-bond donors (Lipinski definition) is 0. The van der Waals surface area contributed by atoms with E-state index in [4.69, 9.17) is 4.74 Å². The number of para-hydroxylation sites is 1. The van der Waals surface area contributed by atoms with Gasteiger partial charge in [-0.3, -0.25) is 14.9 Å². The summed E-state index contributed by atoms with van der Waals surface area (Å²) in [6, 6.07) is 7.48. The zero-order valence-corrected chi connectivity index (χ0v) is 11.0. The number of ether oxygens (including phenoxy) is 1. The van der Waals surface area contributed by atoms with Gasteiger partial charge in [0.25, 0.3) is 0 Å². The lowest BCUT2D eigenvalue weighted by Gasteiger charge is -2.07. The van der Waals surface area contributed by atoms with Crippen LogP contribution in [-0.4, -0.2) is 16.2 Å².